The third-order valence-corrected chi connectivity index (χ3v) is 4.39. The van der Waals surface area contributed by atoms with E-state index in [1.54, 1.807) is 12.1 Å². The maximum absolute atomic E-state index is 11.7. The van der Waals surface area contributed by atoms with Crippen molar-refractivity contribution in [3.63, 3.8) is 0 Å². The third-order valence-electron chi connectivity index (χ3n) is 2.67. The fraction of sp³-hybridized carbons (Fsp3) is 0.125. The average molecular weight is 370 g/mol. The molecule has 0 saturated carbocycles. The topological polar surface area (TPSA) is 55.4 Å². The fourth-order valence-corrected chi connectivity index (χ4v) is 2.63. The molecule has 0 aliphatic carbocycles. The minimum atomic E-state index is -0.455. The van der Waals surface area contributed by atoms with E-state index in [-0.39, 0.29) is 12.4 Å². The van der Waals surface area contributed by atoms with Gasteiger partial charge in [-0.1, -0.05) is 41.4 Å². The van der Waals surface area contributed by atoms with Crippen molar-refractivity contribution in [2.75, 3.05) is 17.7 Å². The Morgan fingerprint density at radius 3 is 2.48 bits per heavy atom. The van der Waals surface area contributed by atoms with E-state index in [1.807, 2.05) is 30.3 Å². The van der Waals surface area contributed by atoms with Crippen molar-refractivity contribution in [2.24, 2.45) is 0 Å². The fourth-order valence-electron chi connectivity index (χ4n) is 1.62. The van der Waals surface area contributed by atoms with Crippen LogP contribution in [0.5, 0.6) is 0 Å². The molecule has 1 amide bonds. The summed E-state index contributed by atoms with van der Waals surface area (Å²) in [6, 6.07) is 14.2. The number of ether oxygens (including phenoxy) is 1. The van der Waals surface area contributed by atoms with Crippen LogP contribution in [0.1, 0.15) is 0 Å². The van der Waals surface area contributed by atoms with Crippen LogP contribution in [0.4, 0.5) is 5.69 Å². The number of anilines is 1. The predicted octanol–water partition coefficient (Wildman–Crippen LogP) is 4.27. The van der Waals surface area contributed by atoms with Crippen LogP contribution in [-0.4, -0.2) is 24.2 Å². The first-order valence-electron chi connectivity index (χ1n) is 6.63. The van der Waals surface area contributed by atoms with E-state index in [0.717, 1.165) is 4.90 Å². The summed E-state index contributed by atoms with van der Waals surface area (Å²) in [5.41, 5.74) is 0.485. The van der Waals surface area contributed by atoms with E-state index >= 15 is 0 Å². The average Bonchev–Trinajstić information content (AvgIpc) is 2.55. The molecule has 0 bridgehead atoms. The number of rotatable bonds is 6. The number of hydrogen-bond donors (Lipinski definition) is 1. The first-order chi connectivity index (χ1) is 11.0. The van der Waals surface area contributed by atoms with Gasteiger partial charge >= 0.3 is 5.97 Å². The van der Waals surface area contributed by atoms with E-state index in [0.29, 0.717) is 15.7 Å². The molecule has 2 aromatic rings. The number of nitrogens with one attached hydrogen (secondary N) is 1. The molecule has 0 aromatic heterocycles. The summed E-state index contributed by atoms with van der Waals surface area (Å²) in [5.74, 6) is -0.756. The van der Waals surface area contributed by atoms with Crippen LogP contribution in [0.3, 0.4) is 0 Å². The lowest BCUT2D eigenvalue weighted by molar-refractivity contribution is -0.144. The highest BCUT2D eigenvalue weighted by molar-refractivity contribution is 8.00. The monoisotopic (exact) mass is 369 g/mol. The molecule has 4 nitrogen and oxygen atoms in total. The Labute approximate surface area is 148 Å². The van der Waals surface area contributed by atoms with Gasteiger partial charge < -0.3 is 10.1 Å². The molecule has 0 aliphatic rings. The molecule has 7 heteroatoms. The molecule has 2 rings (SSSR count). The molecule has 120 valence electrons. The van der Waals surface area contributed by atoms with Crippen molar-refractivity contribution in [1.82, 2.24) is 0 Å². The van der Waals surface area contributed by atoms with Gasteiger partial charge in [0.15, 0.2) is 6.61 Å². The molecule has 0 fully saturated rings. The van der Waals surface area contributed by atoms with Gasteiger partial charge in [-0.2, -0.15) is 0 Å². The zero-order valence-corrected chi connectivity index (χ0v) is 14.3. The highest BCUT2D eigenvalue weighted by atomic mass is 35.5. The second kappa shape index (κ2) is 8.82. The van der Waals surface area contributed by atoms with Gasteiger partial charge in [0.1, 0.15) is 0 Å². The lowest BCUT2D eigenvalue weighted by Gasteiger charge is -2.07. The van der Waals surface area contributed by atoms with E-state index in [2.05, 4.69) is 5.32 Å². The highest BCUT2D eigenvalue weighted by Gasteiger charge is 2.09. The minimum Gasteiger partial charge on any atom is -0.455 e. The maximum Gasteiger partial charge on any atom is 0.316 e. The standard InChI is InChI=1S/C16H13Cl2NO3S/c17-13-7-6-11(8-14(13)18)19-15(20)9-22-16(21)10-23-12-4-2-1-3-5-12/h1-8H,9-10H2,(H,19,20). The number of halogens is 2. The second-order valence-corrected chi connectivity index (χ2v) is 6.30. The summed E-state index contributed by atoms with van der Waals surface area (Å²) in [4.78, 5) is 24.3. The Bertz CT molecular complexity index is 695. The molecule has 1 N–H and O–H groups in total. The number of carbonyl (C=O) groups excluding carboxylic acids is 2. The van der Waals surface area contributed by atoms with Crippen molar-refractivity contribution in [3.8, 4) is 0 Å². The molecular formula is C16H13Cl2NO3S. The van der Waals surface area contributed by atoms with E-state index in [4.69, 9.17) is 27.9 Å². The van der Waals surface area contributed by atoms with Crippen molar-refractivity contribution >= 4 is 52.5 Å². The Morgan fingerprint density at radius 1 is 1.04 bits per heavy atom. The Kier molecular flexibility index (Phi) is 6.77. The van der Waals surface area contributed by atoms with Gasteiger partial charge in [0.25, 0.3) is 5.91 Å². The van der Waals surface area contributed by atoms with Crippen LogP contribution in [0, 0.1) is 0 Å². The number of hydrogen-bond acceptors (Lipinski definition) is 4. The first-order valence-corrected chi connectivity index (χ1v) is 8.37. The van der Waals surface area contributed by atoms with E-state index in [9.17, 15) is 9.59 Å². The maximum atomic E-state index is 11.7. The van der Waals surface area contributed by atoms with Gasteiger partial charge in [-0.15, -0.1) is 11.8 Å². The first kappa shape index (κ1) is 17.7. The van der Waals surface area contributed by atoms with Gasteiger partial charge in [0, 0.05) is 10.6 Å². The lowest BCUT2D eigenvalue weighted by Crippen LogP contribution is -2.21. The number of amides is 1. The predicted molar refractivity (Wildman–Crippen MR) is 93.2 cm³/mol. The van der Waals surface area contributed by atoms with Gasteiger partial charge in [-0.3, -0.25) is 9.59 Å². The van der Waals surface area contributed by atoms with Crippen LogP contribution >= 0.6 is 35.0 Å². The SMILES string of the molecule is O=C(COC(=O)CSc1ccccc1)Nc1ccc(Cl)c(Cl)c1. The van der Waals surface area contributed by atoms with E-state index in [1.165, 1.54) is 17.8 Å². The molecule has 0 radical (unpaired) electrons. The van der Waals surface area contributed by atoms with E-state index < -0.39 is 11.9 Å². The van der Waals surface area contributed by atoms with Crippen LogP contribution in [0.25, 0.3) is 0 Å². The van der Waals surface area contributed by atoms with Crippen LogP contribution < -0.4 is 5.32 Å². The molecule has 0 aliphatic heterocycles. The Morgan fingerprint density at radius 2 is 1.78 bits per heavy atom. The number of esters is 1. The minimum absolute atomic E-state index is 0.143. The molecule has 0 saturated heterocycles. The molecule has 0 atom stereocenters. The number of benzene rings is 2. The van der Waals surface area contributed by atoms with Crippen molar-refractivity contribution < 1.29 is 14.3 Å². The van der Waals surface area contributed by atoms with Crippen LogP contribution in [0.15, 0.2) is 53.4 Å². The Hall–Kier alpha value is -1.69. The number of carbonyl (C=O) groups is 2. The molecule has 0 heterocycles. The zero-order chi connectivity index (χ0) is 16.7. The summed E-state index contributed by atoms with van der Waals surface area (Å²) in [7, 11) is 0. The molecule has 0 unspecified atom stereocenters. The van der Waals surface area contributed by atoms with Gasteiger partial charge in [-0.25, -0.2) is 0 Å². The summed E-state index contributed by atoms with van der Waals surface area (Å²) < 4.78 is 4.92. The van der Waals surface area contributed by atoms with Crippen LogP contribution in [0.2, 0.25) is 10.0 Å². The van der Waals surface area contributed by atoms with Gasteiger partial charge in [0.05, 0.1) is 15.8 Å². The second-order valence-electron chi connectivity index (χ2n) is 4.44. The molecule has 0 spiro atoms. The lowest BCUT2D eigenvalue weighted by atomic mass is 10.3. The highest BCUT2D eigenvalue weighted by Crippen LogP contribution is 2.24. The largest absolute Gasteiger partial charge is 0.455 e. The summed E-state index contributed by atoms with van der Waals surface area (Å²) in [6.45, 7) is -0.353. The van der Waals surface area contributed by atoms with Gasteiger partial charge in [-0.05, 0) is 30.3 Å². The summed E-state index contributed by atoms with van der Waals surface area (Å²) in [6.07, 6.45) is 0. The van der Waals surface area contributed by atoms with Crippen molar-refractivity contribution in [3.05, 3.63) is 58.6 Å². The molecule has 23 heavy (non-hydrogen) atoms. The smallest absolute Gasteiger partial charge is 0.316 e. The Balaban J connectivity index is 1.73. The number of thioether (sulfide) groups is 1. The van der Waals surface area contributed by atoms with Crippen molar-refractivity contribution in [2.45, 2.75) is 4.90 Å². The van der Waals surface area contributed by atoms with Crippen LogP contribution in [-0.2, 0) is 14.3 Å². The zero-order valence-electron chi connectivity index (χ0n) is 11.9. The normalized spacial score (nSPS) is 10.2. The molecular weight excluding hydrogens is 357 g/mol. The van der Waals surface area contributed by atoms with Gasteiger partial charge in [0.2, 0.25) is 0 Å². The summed E-state index contributed by atoms with van der Waals surface area (Å²) in [5, 5.41) is 3.30. The van der Waals surface area contributed by atoms with Crippen molar-refractivity contribution in [1.29, 1.82) is 0 Å². The quantitative estimate of drug-likeness (QED) is 0.610. The molecule has 2 aromatic carbocycles. The summed E-state index contributed by atoms with van der Waals surface area (Å²) >= 11 is 13.0. The third kappa shape index (κ3) is 6.14.